The van der Waals surface area contributed by atoms with Crippen molar-refractivity contribution in [2.75, 3.05) is 13.7 Å². The first kappa shape index (κ1) is 14.0. The number of amides is 1. The van der Waals surface area contributed by atoms with Gasteiger partial charge in [0, 0.05) is 6.54 Å². The van der Waals surface area contributed by atoms with E-state index in [0.717, 1.165) is 19.3 Å². The van der Waals surface area contributed by atoms with Gasteiger partial charge in [0.1, 0.15) is 5.41 Å². The van der Waals surface area contributed by atoms with Gasteiger partial charge in [-0.3, -0.25) is 9.59 Å². The van der Waals surface area contributed by atoms with Gasteiger partial charge in [-0.15, -0.1) is 0 Å². The quantitative estimate of drug-likeness (QED) is 0.439. The summed E-state index contributed by atoms with van der Waals surface area (Å²) in [5.41, 5.74) is -0.882. The number of carbonyl (C=O) groups excluding carboxylic acids is 2. The van der Waals surface area contributed by atoms with E-state index in [1.165, 1.54) is 7.11 Å². The van der Waals surface area contributed by atoms with Crippen LogP contribution < -0.4 is 5.32 Å². The molecule has 1 aliphatic rings. The topological polar surface area (TPSA) is 55.4 Å². The molecule has 17 heavy (non-hydrogen) atoms. The largest absolute Gasteiger partial charge is 0.468 e. The van der Waals surface area contributed by atoms with Crippen LogP contribution in [0.3, 0.4) is 0 Å². The summed E-state index contributed by atoms with van der Waals surface area (Å²) in [4.78, 5) is 23.6. The average Bonchev–Trinajstić information content (AvgIpc) is 2.22. The van der Waals surface area contributed by atoms with Crippen molar-refractivity contribution in [1.29, 1.82) is 0 Å². The number of hydrogen-bond acceptors (Lipinski definition) is 3. The summed E-state index contributed by atoms with van der Waals surface area (Å²) >= 11 is 0. The lowest BCUT2D eigenvalue weighted by atomic mass is 9.68. The Morgan fingerprint density at radius 3 is 2.41 bits per heavy atom. The van der Waals surface area contributed by atoms with Gasteiger partial charge in [-0.1, -0.05) is 20.3 Å². The SMILES string of the molecule is COC(=O)C1(C(=O)NCCCC(C)C)CCC1. The normalized spacial score (nSPS) is 17.4. The van der Waals surface area contributed by atoms with Gasteiger partial charge < -0.3 is 10.1 Å². The molecule has 0 spiro atoms. The van der Waals surface area contributed by atoms with Crippen molar-refractivity contribution in [3.63, 3.8) is 0 Å². The summed E-state index contributed by atoms with van der Waals surface area (Å²) in [6.07, 6.45) is 4.21. The molecule has 0 aromatic rings. The fourth-order valence-electron chi connectivity index (χ4n) is 2.13. The highest BCUT2D eigenvalue weighted by Gasteiger charge is 2.51. The van der Waals surface area contributed by atoms with E-state index < -0.39 is 5.41 Å². The molecule has 1 fully saturated rings. The molecule has 98 valence electrons. The molecular formula is C13H23NO3. The van der Waals surface area contributed by atoms with E-state index in [4.69, 9.17) is 4.74 Å². The molecule has 0 aromatic heterocycles. The summed E-state index contributed by atoms with van der Waals surface area (Å²) in [5.74, 6) is 0.106. The number of methoxy groups -OCH3 is 1. The zero-order valence-corrected chi connectivity index (χ0v) is 11.0. The van der Waals surface area contributed by atoms with Crippen LogP contribution in [-0.4, -0.2) is 25.5 Å². The van der Waals surface area contributed by atoms with Gasteiger partial charge in [-0.25, -0.2) is 0 Å². The van der Waals surface area contributed by atoms with Gasteiger partial charge in [0.2, 0.25) is 5.91 Å². The third kappa shape index (κ3) is 3.20. The first-order chi connectivity index (χ1) is 8.03. The molecule has 4 nitrogen and oxygen atoms in total. The molecule has 0 heterocycles. The first-order valence-electron chi connectivity index (χ1n) is 6.39. The molecular weight excluding hydrogens is 218 g/mol. The second-order valence-corrected chi connectivity index (χ2v) is 5.22. The summed E-state index contributed by atoms with van der Waals surface area (Å²) < 4.78 is 4.72. The molecule has 4 heteroatoms. The maximum atomic E-state index is 12.0. The summed E-state index contributed by atoms with van der Waals surface area (Å²) in [5, 5.41) is 2.86. The number of nitrogens with one attached hydrogen (secondary N) is 1. The summed E-state index contributed by atoms with van der Waals surface area (Å²) in [6, 6.07) is 0. The van der Waals surface area contributed by atoms with E-state index in [0.29, 0.717) is 25.3 Å². The van der Waals surface area contributed by atoms with Crippen LogP contribution in [0.25, 0.3) is 0 Å². The minimum Gasteiger partial charge on any atom is -0.468 e. The standard InChI is InChI=1S/C13H23NO3/c1-10(2)6-4-9-14-11(15)13(7-5-8-13)12(16)17-3/h10H,4-9H2,1-3H3,(H,14,15). The second kappa shape index (κ2) is 6.03. The summed E-state index contributed by atoms with van der Waals surface area (Å²) in [6.45, 7) is 4.96. The Morgan fingerprint density at radius 2 is 2.00 bits per heavy atom. The zero-order chi connectivity index (χ0) is 12.9. The number of hydrogen-bond donors (Lipinski definition) is 1. The minimum atomic E-state index is -0.882. The van der Waals surface area contributed by atoms with Crippen LogP contribution >= 0.6 is 0 Å². The van der Waals surface area contributed by atoms with E-state index >= 15 is 0 Å². The van der Waals surface area contributed by atoms with Crippen LogP contribution in [-0.2, 0) is 14.3 Å². The maximum absolute atomic E-state index is 12.0. The second-order valence-electron chi connectivity index (χ2n) is 5.22. The number of ether oxygens (including phenoxy) is 1. The maximum Gasteiger partial charge on any atom is 0.321 e. The molecule has 1 N–H and O–H groups in total. The van der Waals surface area contributed by atoms with Gasteiger partial charge in [-0.05, 0) is 31.6 Å². The highest BCUT2D eigenvalue weighted by atomic mass is 16.5. The van der Waals surface area contributed by atoms with Gasteiger partial charge in [0.25, 0.3) is 0 Å². The highest BCUT2D eigenvalue weighted by molar-refractivity contribution is 6.03. The Bertz CT molecular complexity index is 282. The molecule has 0 unspecified atom stereocenters. The third-order valence-electron chi connectivity index (χ3n) is 3.46. The lowest BCUT2D eigenvalue weighted by Gasteiger charge is -2.37. The van der Waals surface area contributed by atoms with Crippen LogP contribution in [0.4, 0.5) is 0 Å². The van der Waals surface area contributed by atoms with Gasteiger partial charge in [0.15, 0.2) is 0 Å². The Balaban J connectivity index is 2.37. The number of esters is 1. The van der Waals surface area contributed by atoms with E-state index in [2.05, 4.69) is 19.2 Å². The van der Waals surface area contributed by atoms with Gasteiger partial charge in [0.05, 0.1) is 7.11 Å². The van der Waals surface area contributed by atoms with Crippen molar-refractivity contribution in [2.45, 2.75) is 46.0 Å². The molecule has 0 aliphatic heterocycles. The van der Waals surface area contributed by atoms with E-state index in [9.17, 15) is 9.59 Å². The molecule has 0 radical (unpaired) electrons. The Morgan fingerprint density at radius 1 is 1.35 bits per heavy atom. The Hall–Kier alpha value is -1.06. The minimum absolute atomic E-state index is 0.153. The molecule has 0 atom stereocenters. The van der Waals surface area contributed by atoms with E-state index in [1.807, 2.05) is 0 Å². The van der Waals surface area contributed by atoms with Crippen molar-refractivity contribution >= 4 is 11.9 Å². The monoisotopic (exact) mass is 241 g/mol. The third-order valence-corrected chi connectivity index (χ3v) is 3.46. The molecule has 1 amide bonds. The molecule has 0 saturated heterocycles. The smallest absolute Gasteiger partial charge is 0.321 e. The van der Waals surface area contributed by atoms with Gasteiger partial charge >= 0.3 is 5.97 Å². The molecule has 0 aromatic carbocycles. The van der Waals surface area contributed by atoms with Crippen molar-refractivity contribution in [3.05, 3.63) is 0 Å². The van der Waals surface area contributed by atoms with Crippen LogP contribution in [0.15, 0.2) is 0 Å². The predicted molar refractivity (Wildman–Crippen MR) is 65.4 cm³/mol. The Labute approximate surface area is 103 Å². The van der Waals surface area contributed by atoms with Crippen LogP contribution in [0.2, 0.25) is 0 Å². The number of carbonyl (C=O) groups is 2. The van der Waals surface area contributed by atoms with Crippen molar-refractivity contribution < 1.29 is 14.3 Å². The zero-order valence-electron chi connectivity index (χ0n) is 11.0. The lowest BCUT2D eigenvalue weighted by molar-refractivity contribution is -0.165. The molecule has 1 aliphatic carbocycles. The molecule has 0 bridgehead atoms. The van der Waals surface area contributed by atoms with Crippen LogP contribution in [0.1, 0.15) is 46.0 Å². The molecule has 1 rings (SSSR count). The van der Waals surface area contributed by atoms with Crippen molar-refractivity contribution in [3.8, 4) is 0 Å². The van der Waals surface area contributed by atoms with Crippen LogP contribution in [0.5, 0.6) is 0 Å². The van der Waals surface area contributed by atoms with E-state index in [-0.39, 0.29) is 11.9 Å². The summed E-state index contributed by atoms with van der Waals surface area (Å²) in [7, 11) is 1.34. The lowest BCUT2D eigenvalue weighted by Crippen LogP contribution is -2.51. The van der Waals surface area contributed by atoms with Crippen molar-refractivity contribution in [1.82, 2.24) is 5.32 Å². The molecule has 1 saturated carbocycles. The predicted octanol–water partition coefficient (Wildman–Crippen LogP) is 1.88. The van der Waals surface area contributed by atoms with E-state index in [1.54, 1.807) is 0 Å². The van der Waals surface area contributed by atoms with Crippen LogP contribution in [0, 0.1) is 11.3 Å². The Kier molecular flexibility index (Phi) is 4.97. The van der Waals surface area contributed by atoms with Crippen molar-refractivity contribution in [2.24, 2.45) is 11.3 Å². The fourth-order valence-corrected chi connectivity index (χ4v) is 2.13. The fraction of sp³-hybridized carbons (Fsp3) is 0.846. The average molecular weight is 241 g/mol. The van der Waals surface area contributed by atoms with Gasteiger partial charge in [-0.2, -0.15) is 0 Å². The highest BCUT2D eigenvalue weighted by Crippen LogP contribution is 2.42. The number of rotatable bonds is 6. The first-order valence-corrected chi connectivity index (χ1v) is 6.39.